The highest BCUT2D eigenvalue weighted by Gasteiger charge is 2.27. The van der Waals surface area contributed by atoms with Crippen LogP contribution in [0.25, 0.3) is 0 Å². The maximum Gasteiger partial charge on any atom is 0.237 e. The molecule has 1 amide bonds. The lowest BCUT2D eigenvalue weighted by Crippen LogP contribution is -2.48. The fourth-order valence-electron chi connectivity index (χ4n) is 3.23. The summed E-state index contributed by atoms with van der Waals surface area (Å²) in [5.41, 5.74) is 2.13. The third-order valence-electron chi connectivity index (χ3n) is 4.42. The Bertz CT molecular complexity index is 456. The molecule has 104 valence electrons. The minimum absolute atomic E-state index is 0.119. The molecule has 3 rings (SSSR count). The first-order chi connectivity index (χ1) is 9.22. The van der Waals surface area contributed by atoms with Gasteiger partial charge in [0.1, 0.15) is 0 Å². The van der Waals surface area contributed by atoms with Crippen molar-refractivity contribution < 1.29 is 4.79 Å². The van der Waals surface area contributed by atoms with Gasteiger partial charge in [0.15, 0.2) is 0 Å². The molecular weight excluding hydrogens is 240 g/mol. The van der Waals surface area contributed by atoms with Crippen LogP contribution < -0.4 is 10.6 Å². The van der Waals surface area contributed by atoms with Crippen LogP contribution in [-0.4, -0.2) is 28.5 Å². The Labute approximate surface area is 113 Å². The summed E-state index contributed by atoms with van der Waals surface area (Å²) >= 11 is 0. The molecule has 1 aromatic heterocycles. The topological polar surface area (TPSA) is 69.8 Å². The van der Waals surface area contributed by atoms with Crippen LogP contribution in [0.4, 0.5) is 0 Å². The summed E-state index contributed by atoms with van der Waals surface area (Å²) in [6.07, 6.45) is 6.20. The molecule has 5 nitrogen and oxygen atoms in total. The molecule has 0 bridgehead atoms. The Morgan fingerprint density at radius 1 is 1.53 bits per heavy atom. The van der Waals surface area contributed by atoms with Gasteiger partial charge in [-0.15, -0.1) is 0 Å². The van der Waals surface area contributed by atoms with E-state index >= 15 is 0 Å². The van der Waals surface area contributed by atoms with Crippen LogP contribution in [0.1, 0.15) is 37.6 Å². The predicted octanol–water partition coefficient (Wildman–Crippen LogP) is 0.976. The summed E-state index contributed by atoms with van der Waals surface area (Å²) in [6, 6.07) is -0.130. The van der Waals surface area contributed by atoms with Crippen LogP contribution in [0.15, 0.2) is 6.33 Å². The van der Waals surface area contributed by atoms with Crippen LogP contribution >= 0.6 is 0 Å². The van der Waals surface area contributed by atoms with E-state index in [0.29, 0.717) is 18.9 Å². The lowest BCUT2D eigenvalue weighted by Gasteiger charge is -2.23. The highest BCUT2D eigenvalue weighted by atomic mass is 16.2. The third-order valence-corrected chi connectivity index (χ3v) is 4.42. The molecule has 0 spiro atoms. The molecule has 0 radical (unpaired) electrons. The summed E-state index contributed by atoms with van der Waals surface area (Å²) in [5, 5.41) is 6.36. The lowest BCUT2D eigenvalue weighted by molar-refractivity contribution is -0.123. The van der Waals surface area contributed by atoms with E-state index in [9.17, 15) is 4.79 Å². The van der Waals surface area contributed by atoms with Crippen molar-refractivity contribution in [2.24, 2.45) is 11.8 Å². The minimum Gasteiger partial charge on any atom is -0.354 e. The molecule has 1 aromatic rings. The molecule has 3 unspecified atom stereocenters. The quantitative estimate of drug-likeness (QED) is 0.760. The molecule has 0 saturated heterocycles. The maximum atomic E-state index is 12.2. The number of aromatic nitrogens is 2. The number of aromatic amines is 1. The van der Waals surface area contributed by atoms with Crippen molar-refractivity contribution in [3.63, 3.8) is 0 Å². The number of H-pyrrole nitrogens is 1. The van der Waals surface area contributed by atoms with Gasteiger partial charge >= 0.3 is 0 Å². The highest BCUT2D eigenvalue weighted by molar-refractivity contribution is 5.82. The molecular formula is C14H22N4O. The molecule has 2 aliphatic rings. The lowest BCUT2D eigenvalue weighted by atomic mass is 10.0. The Hall–Kier alpha value is -1.36. The molecule has 1 aliphatic heterocycles. The second kappa shape index (κ2) is 5.33. The Balaban J connectivity index is 1.49. The Morgan fingerprint density at radius 3 is 3.21 bits per heavy atom. The van der Waals surface area contributed by atoms with Crippen molar-refractivity contribution in [3.8, 4) is 0 Å². The number of hydrogen-bond acceptors (Lipinski definition) is 3. The van der Waals surface area contributed by atoms with E-state index in [0.717, 1.165) is 23.9 Å². The summed E-state index contributed by atoms with van der Waals surface area (Å²) in [6.45, 7) is 3.83. The molecule has 3 N–H and O–H groups in total. The van der Waals surface area contributed by atoms with Crippen LogP contribution in [-0.2, 0) is 17.8 Å². The van der Waals surface area contributed by atoms with Crippen molar-refractivity contribution in [3.05, 3.63) is 17.7 Å². The van der Waals surface area contributed by atoms with Crippen molar-refractivity contribution in [1.82, 2.24) is 20.6 Å². The fourth-order valence-corrected chi connectivity index (χ4v) is 3.23. The third kappa shape index (κ3) is 2.81. The second-order valence-corrected chi connectivity index (χ2v) is 5.99. The first-order valence-corrected chi connectivity index (χ1v) is 7.24. The van der Waals surface area contributed by atoms with Crippen molar-refractivity contribution >= 4 is 5.91 Å². The number of carbonyl (C=O) groups excluding carboxylic acids is 1. The van der Waals surface area contributed by atoms with Crippen molar-refractivity contribution in [1.29, 1.82) is 0 Å². The maximum absolute atomic E-state index is 12.2. The molecule has 0 aromatic carbocycles. The number of carbonyl (C=O) groups is 1. The van der Waals surface area contributed by atoms with Gasteiger partial charge in [0.2, 0.25) is 5.91 Å². The predicted molar refractivity (Wildman–Crippen MR) is 72.4 cm³/mol. The van der Waals surface area contributed by atoms with Crippen molar-refractivity contribution in [2.75, 3.05) is 6.54 Å². The van der Waals surface area contributed by atoms with E-state index in [-0.39, 0.29) is 11.9 Å². The molecule has 1 aliphatic carbocycles. The zero-order chi connectivity index (χ0) is 13.2. The fraction of sp³-hybridized carbons (Fsp3) is 0.714. The van der Waals surface area contributed by atoms with E-state index < -0.39 is 0 Å². The number of hydrogen-bond donors (Lipinski definition) is 3. The first-order valence-electron chi connectivity index (χ1n) is 7.24. The van der Waals surface area contributed by atoms with E-state index in [1.807, 2.05) is 0 Å². The summed E-state index contributed by atoms with van der Waals surface area (Å²) in [4.78, 5) is 19.5. The van der Waals surface area contributed by atoms with Crippen LogP contribution in [0.5, 0.6) is 0 Å². The number of amides is 1. The Morgan fingerprint density at radius 2 is 2.42 bits per heavy atom. The van der Waals surface area contributed by atoms with E-state index in [2.05, 4.69) is 27.5 Å². The first kappa shape index (κ1) is 12.7. The second-order valence-electron chi connectivity index (χ2n) is 5.99. The molecule has 19 heavy (non-hydrogen) atoms. The average Bonchev–Trinajstić information content (AvgIpc) is 3.03. The van der Waals surface area contributed by atoms with Gasteiger partial charge in [-0.3, -0.25) is 10.1 Å². The van der Waals surface area contributed by atoms with Gasteiger partial charge in [-0.05, 0) is 24.7 Å². The van der Waals surface area contributed by atoms with Crippen LogP contribution in [0.3, 0.4) is 0 Å². The van der Waals surface area contributed by atoms with Gasteiger partial charge in [0.25, 0.3) is 0 Å². The van der Waals surface area contributed by atoms with Gasteiger partial charge in [-0.1, -0.05) is 13.3 Å². The smallest absolute Gasteiger partial charge is 0.237 e. The van der Waals surface area contributed by atoms with Gasteiger partial charge in [-0.2, -0.15) is 0 Å². The Kier molecular flexibility index (Phi) is 3.55. The standard InChI is InChI=1S/C14H22N4O/c1-9-2-3-10(4-9)6-16-14(19)12-5-11-13(7-15-12)18-8-17-11/h8-10,12,15H,2-7H2,1H3,(H,16,19)(H,17,18). The normalized spacial score (nSPS) is 30.1. The number of nitrogens with zero attached hydrogens (tertiary/aromatic N) is 1. The van der Waals surface area contributed by atoms with E-state index in [1.54, 1.807) is 6.33 Å². The number of imidazole rings is 1. The zero-order valence-corrected chi connectivity index (χ0v) is 11.4. The van der Waals surface area contributed by atoms with Gasteiger partial charge in [-0.25, -0.2) is 4.98 Å². The summed E-state index contributed by atoms with van der Waals surface area (Å²) in [5.74, 6) is 1.61. The van der Waals surface area contributed by atoms with Gasteiger partial charge in [0, 0.05) is 19.5 Å². The summed E-state index contributed by atoms with van der Waals surface area (Å²) in [7, 11) is 0. The molecule has 3 atom stereocenters. The van der Waals surface area contributed by atoms with Gasteiger partial charge in [0.05, 0.1) is 23.8 Å². The molecule has 1 fully saturated rings. The highest BCUT2D eigenvalue weighted by Crippen LogP contribution is 2.29. The van der Waals surface area contributed by atoms with Crippen LogP contribution in [0.2, 0.25) is 0 Å². The largest absolute Gasteiger partial charge is 0.354 e. The minimum atomic E-state index is -0.130. The SMILES string of the molecule is CC1CCC(CNC(=O)C2Cc3nc[nH]c3CN2)C1. The summed E-state index contributed by atoms with van der Waals surface area (Å²) < 4.78 is 0. The van der Waals surface area contributed by atoms with Gasteiger partial charge < -0.3 is 10.3 Å². The van der Waals surface area contributed by atoms with E-state index in [4.69, 9.17) is 0 Å². The van der Waals surface area contributed by atoms with E-state index in [1.165, 1.54) is 19.3 Å². The van der Waals surface area contributed by atoms with Crippen molar-refractivity contribution in [2.45, 2.75) is 45.2 Å². The number of fused-ring (bicyclic) bond motifs is 1. The number of rotatable bonds is 3. The molecule has 2 heterocycles. The average molecular weight is 262 g/mol. The molecule has 1 saturated carbocycles. The van der Waals surface area contributed by atoms with Crippen LogP contribution in [0, 0.1) is 11.8 Å². The molecule has 5 heteroatoms. The zero-order valence-electron chi connectivity index (χ0n) is 11.4. The monoisotopic (exact) mass is 262 g/mol. The number of nitrogens with one attached hydrogen (secondary N) is 3.